The molecule has 3 heterocycles. The molecule has 1 aromatic carbocycles. The van der Waals surface area contributed by atoms with Gasteiger partial charge in [0.15, 0.2) is 11.5 Å². The summed E-state index contributed by atoms with van der Waals surface area (Å²) < 4.78 is 1.35. The lowest BCUT2D eigenvalue weighted by molar-refractivity contribution is -0.914. The van der Waals surface area contributed by atoms with Crippen LogP contribution in [0, 0.1) is 0 Å². The van der Waals surface area contributed by atoms with E-state index in [0.29, 0.717) is 17.7 Å². The van der Waals surface area contributed by atoms with Crippen LogP contribution in [0.2, 0.25) is 5.02 Å². The van der Waals surface area contributed by atoms with Gasteiger partial charge in [-0.3, -0.25) is 14.3 Å². The van der Waals surface area contributed by atoms with E-state index >= 15 is 0 Å². The number of quaternary nitrogens is 1. The maximum absolute atomic E-state index is 11.9. The fourth-order valence-electron chi connectivity index (χ4n) is 3.40. The molecule has 0 aliphatic carbocycles. The normalized spacial score (nSPS) is 15.7. The molecule has 0 unspecified atom stereocenters. The molecule has 0 atom stereocenters. The lowest BCUT2D eigenvalue weighted by atomic mass is 10.2. The van der Waals surface area contributed by atoms with Crippen LogP contribution in [0.4, 0.5) is 5.69 Å². The first kappa shape index (κ1) is 16.9. The number of benzene rings is 1. The molecule has 26 heavy (non-hydrogen) atoms. The number of aromatic nitrogens is 4. The van der Waals surface area contributed by atoms with Gasteiger partial charge in [-0.15, -0.1) is 0 Å². The SMILES string of the molecule is Cn1c(=O)[nH]c(=O)c2[nH]c(C[NH+]3CCN(c4cccc(Cl)c4)CC3)nc21. The van der Waals surface area contributed by atoms with Gasteiger partial charge in [0.2, 0.25) is 0 Å². The molecule has 4 rings (SSSR count). The minimum atomic E-state index is -0.456. The van der Waals surface area contributed by atoms with E-state index in [1.54, 1.807) is 7.05 Å². The van der Waals surface area contributed by atoms with Gasteiger partial charge in [0.1, 0.15) is 12.1 Å². The van der Waals surface area contributed by atoms with E-state index in [0.717, 1.165) is 42.7 Å². The average Bonchev–Trinajstić information content (AvgIpc) is 3.05. The zero-order valence-electron chi connectivity index (χ0n) is 14.4. The van der Waals surface area contributed by atoms with Gasteiger partial charge < -0.3 is 14.8 Å². The highest BCUT2D eigenvalue weighted by molar-refractivity contribution is 6.30. The second-order valence-electron chi connectivity index (χ2n) is 6.59. The first-order valence-corrected chi connectivity index (χ1v) is 8.91. The fraction of sp³-hybridized carbons (Fsp3) is 0.353. The van der Waals surface area contributed by atoms with Crippen molar-refractivity contribution in [3.63, 3.8) is 0 Å². The molecule has 136 valence electrons. The highest BCUT2D eigenvalue weighted by atomic mass is 35.5. The topological polar surface area (TPSA) is 91.2 Å². The molecule has 1 saturated heterocycles. The van der Waals surface area contributed by atoms with Crippen LogP contribution in [0.5, 0.6) is 0 Å². The molecule has 0 bridgehead atoms. The molecule has 1 aliphatic rings. The first-order chi connectivity index (χ1) is 12.5. The van der Waals surface area contributed by atoms with Crippen molar-refractivity contribution in [1.82, 2.24) is 19.5 Å². The quantitative estimate of drug-likeness (QED) is 0.576. The zero-order chi connectivity index (χ0) is 18.3. The Balaban J connectivity index is 1.47. The van der Waals surface area contributed by atoms with Crippen LogP contribution in [0.1, 0.15) is 5.82 Å². The van der Waals surface area contributed by atoms with Crippen LogP contribution in [-0.4, -0.2) is 45.7 Å². The Morgan fingerprint density at radius 1 is 1.23 bits per heavy atom. The monoisotopic (exact) mass is 375 g/mol. The number of hydrogen-bond acceptors (Lipinski definition) is 4. The molecule has 0 saturated carbocycles. The highest BCUT2D eigenvalue weighted by Crippen LogP contribution is 2.19. The van der Waals surface area contributed by atoms with Gasteiger partial charge in [-0.2, -0.15) is 0 Å². The third-order valence-corrected chi connectivity index (χ3v) is 5.10. The van der Waals surface area contributed by atoms with Crippen molar-refractivity contribution in [1.29, 1.82) is 0 Å². The third-order valence-electron chi connectivity index (χ3n) is 4.86. The van der Waals surface area contributed by atoms with Gasteiger partial charge in [0.25, 0.3) is 5.56 Å². The van der Waals surface area contributed by atoms with Gasteiger partial charge in [-0.25, -0.2) is 9.78 Å². The Labute approximate surface area is 154 Å². The lowest BCUT2D eigenvalue weighted by Gasteiger charge is -2.33. The Kier molecular flexibility index (Phi) is 4.29. The van der Waals surface area contributed by atoms with Crippen LogP contribution in [0.25, 0.3) is 11.2 Å². The largest absolute Gasteiger partial charge is 0.360 e. The van der Waals surface area contributed by atoms with Crippen LogP contribution in [0.3, 0.4) is 0 Å². The summed E-state index contributed by atoms with van der Waals surface area (Å²) in [5, 5.41) is 0.746. The van der Waals surface area contributed by atoms with E-state index in [4.69, 9.17) is 11.6 Å². The number of imidazole rings is 1. The molecule has 3 N–H and O–H groups in total. The first-order valence-electron chi connectivity index (χ1n) is 8.53. The van der Waals surface area contributed by atoms with Crippen molar-refractivity contribution in [3.05, 3.63) is 56.0 Å². The van der Waals surface area contributed by atoms with Gasteiger partial charge >= 0.3 is 5.69 Å². The summed E-state index contributed by atoms with van der Waals surface area (Å²) in [5.74, 6) is 0.720. The molecule has 3 aromatic rings. The second kappa shape index (κ2) is 6.62. The standard InChI is InChI=1S/C17H19ClN6O2/c1-22-15-14(16(25)21-17(22)26)19-13(20-15)10-23-5-7-24(8-6-23)12-4-2-3-11(18)9-12/h2-4,9H,5-8,10H2,1H3,(H,19,20)(H,21,25,26)/p+1. The molecule has 8 nitrogen and oxygen atoms in total. The number of halogens is 1. The van der Waals surface area contributed by atoms with E-state index in [1.165, 1.54) is 9.47 Å². The molecule has 0 amide bonds. The van der Waals surface area contributed by atoms with Crippen LogP contribution < -0.4 is 21.0 Å². The third kappa shape index (κ3) is 3.13. The van der Waals surface area contributed by atoms with E-state index in [9.17, 15) is 9.59 Å². The van der Waals surface area contributed by atoms with Crippen molar-refractivity contribution in [3.8, 4) is 0 Å². The summed E-state index contributed by atoms with van der Waals surface area (Å²) in [6.07, 6.45) is 0. The van der Waals surface area contributed by atoms with Crippen LogP contribution in [0.15, 0.2) is 33.9 Å². The maximum Gasteiger partial charge on any atom is 0.329 e. The summed E-state index contributed by atoms with van der Waals surface area (Å²) >= 11 is 6.08. The maximum atomic E-state index is 11.9. The number of anilines is 1. The van der Waals surface area contributed by atoms with Gasteiger partial charge in [-0.05, 0) is 18.2 Å². The summed E-state index contributed by atoms with van der Waals surface area (Å²) in [6, 6.07) is 7.90. The Bertz CT molecular complexity index is 1060. The molecular formula is C17H20ClN6O2+. The number of aromatic amines is 2. The highest BCUT2D eigenvalue weighted by Gasteiger charge is 2.22. The second-order valence-corrected chi connectivity index (χ2v) is 7.03. The Morgan fingerprint density at radius 3 is 2.73 bits per heavy atom. The van der Waals surface area contributed by atoms with E-state index < -0.39 is 11.2 Å². The van der Waals surface area contributed by atoms with Crippen molar-refractivity contribution < 1.29 is 4.90 Å². The zero-order valence-corrected chi connectivity index (χ0v) is 15.1. The summed E-state index contributed by atoms with van der Waals surface area (Å²) in [7, 11) is 1.60. The van der Waals surface area contributed by atoms with Crippen LogP contribution >= 0.6 is 11.6 Å². The minimum Gasteiger partial charge on any atom is -0.360 e. The number of fused-ring (bicyclic) bond motifs is 1. The van der Waals surface area contributed by atoms with Crippen molar-refractivity contribution in [2.45, 2.75) is 6.54 Å². The van der Waals surface area contributed by atoms with Gasteiger partial charge in [-0.1, -0.05) is 17.7 Å². The predicted octanol–water partition coefficient (Wildman–Crippen LogP) is -0.492. The minimum absolute atomic E-state index is 0.346. The Hall–Kier alpha value is -2.58. The fourth-order valence-corrected chi connectivity index (χ4v) is 3.59. The van der Waals surface area contributed by atoms with Crippen LogP contribution in [-0.2, 0) is 13.6 Å². The van der Waals surface area contributed by atoms with E-state index in [1.807, 2.05) is 18.2 Å². The van der Waals surface area contributed by atoms with Gasteiger partial charge in [0.05, 0.1) is 26.2 Å². The summed E-state index contributed by atoms with van der Waals surface area (Å²) in [5.41, 5.74) is 0.997. The number of nitrogens with one attached hydrogen (secondary N) is 3. The number of aryl methyl sites for hydroxylation is 1. The predicted molar refractivity (Wildman–Crippen MR) is 100 cm³/mol. The number of piperazine rings is 1. The lowest BCUT2D eigenvalue weighted by Crippen LogP contribution is -3.13. The summed E-state index contributed by atoms with van der Waals surface area (Å²) in [6.45, 7) is 4.45. The molecule has 0 radical (unpaired) electrons. The van der Waals surface area contributed by atoms with E-state index in [-0.39, 0.29) is 0 Å². The van der Waals surface area contributed by atoms with Crippen molar-refractivity contribution in [2.75, 3.05) is 31.1 Å². The van der Waals surface area contributed by atoms with Crippen molar-refractivity contribution >= 4 is 28.5 Å². The average molecular weight is 376 g/mol. The molecule has 0 spiro atoms. The smallest absolute Gasteiger partial charge is 0.329 e. The Morgan fingerprint density at radius 2 is 2.00 bits per heavy atom. The van der Waals surface area contributed by atoms with Crippen molar-refractivity contribution in [2.24, 2.45) is 7.05 Å². The molecule has 1 aliphatic heterocycles. The summed E-state index contributed by atoms with van der Waals surface area (Å²) in [4.78, 5) is 37.1. The molecule has 9 heteroatoms. The molecule has 1 fully saturated rings. The molecular weight excluding hydrogens is 356 g/mol. The number of H-pyrrole nitrogens is 2. The van der Waals surface area contributed by atoms with E-state index in [2.05, 4.69) is 25.9 Å². The van der Waals surface area contributed by atoms with Gasteiger partial charge in [0, 0.05) is 17.8 Å². The number of nitrogens with zero attached hydrogens (tertiary/aromatic N) is 3. The molecule has 2 aromatic heterocycles. The number of rotatable bonds is 3. The number of hydrogen-bond donors (Lipinski definition) is 3.